The summed E-state index contributed by atoms with van der Waals surface area (Å²) in [5.74, 6) is -0.0820. The lowest BCUT2D eigenvalue weighted by Crippen LogP contribution is -2.35. The van der Waals surface area contributed by atoms with E-state index in [0.717, 1.165) is 28.8 Å². The van der Waals surface area contributed by atoms with E-state index in [-0.39, 0.29) is 11.6 Å². The molecule has 0 unspecified atom stereocenters. The molecule has 0 aliphatic carbocycles. The van der Waals surface area contributed by atoms with Gasteiger partial charge >= 0.3 is 12.1 Å². The van der Waals surface area contributed by atoms with E-state index in [9.17, 15) is 18.3 Å². The molecule has 2 heterocycles. The van der Waals surface area contributed by atoms with Crippen molar-refractivity contribution in [3.05, 3.63) is 90.4 Å². The quantitative estimate of drug-likeness (QED) is 0.292. The molecule has 0 amide bonds. The first-order chi connectivity index (χ1) is 15.4. The van der Waals surface area contributed by atoms with Crippen molar-refractivity contribution in [1.29, 1.82) is 0 Å². The Morgan fingerprint density at radius 2 is 1.88 bits per heavy atom. The van der Waals surface area contributed by atoms with Crippen LogP contribution in [-0.2, 0) is 12.7 Å². The zero-order valence-electron chi connectivity index (χ0n) is 16.5. The maximum Gasteiger partial charge on any atom is 0.416 e. The number of aliphatic imine (C=N–C) groups is 1. The molecule has 0 spiro atoms. The van der Waals surface area contributed by atoms with Crippen LogP contribution < -0.4 is 15.1 Å². The largest absolute Gasteiger partial charge is 0.846 e. The number of halogens is 3. The molecule has 2 aromatic heterocycles. The van der Waals surface area contributed by atoms with Crippen LogP contribution in [0.4, 0.5) is 24.7 Å². The average Bonchev–Trinajstić information content (AvgIpc) is 3.21. The van der Waals surface area contributed by atoms with E-state index in [1.807, 2.05) is 36.4 Å². The molecule has 4 rings (SSSR count). The molecule has 2 aromatic carbocycles. The summed E-state index contributed by atoms with van der Waals surface area (Å²) in [6.45, 7) is 0.377. The van der Waals surface area contributed by atoms with E-state index >= 15 is 0 Å². The number of rotatable bonds is 5. The normalized spacial score (nSPS) is 12.0. The maximum absolute atomic E-state index is 12.8. The van der Waals surface area contributed by atoms with Crippen LogP contribution in [0.2, 0.25) is 0 Å². The molecule has 0 aliphatic rings. The van der Waals surface area contributed by atoms with Crippen molar-refractivity contribution < 1.29 is 27.5 Å². The smallest absolute Gasteiger partial charge is 0.416 e. The predicted molar refractivity (Wildman–Crippen MR) is 108 cm³/mol. The highest BCUT2D eigenvalue weighted by molar-refractivity contribution is 5.87. The fraction of sp³-hybridized carbons (Fsp3) is 0.0909. The van der Waals surface area contributed by atoms with Gasteiger partial charge in [0.1, 0.15) is 0 Å². The molecule has 0 saturated carbocycles. The Hall–Kier alpha value is -4.21. The van der Waals surface area contributed by atoms with Gasteiger partial charge in [0.25, 0.3) is 6.20 Å². The van der Waals surface area contributed by atoms with E-state index < -0.39 is 17.8 Å². The molecule has 162 valence electrons. The molecule has 0 bridgehead atoms. The van der Waals surface area contributed by atoms with Crippen molar-refractivity contribution in [2.45, 2.75) is 12.7 Å². The first kappa shape index (κ1) is 21.0. The molecule has 0 atom stereocenters. The monoisotopic (exact) mass is 439 g/mol. The first-order valence-electron chi connectivity index (χ1n) is 9.42. The highest BCUT2D eigenvalue weighted by Gasteiger charge is 2.30. The van der Waals surface area contributed by atoms with Crippen LogP contribution in [0.5, 0.6) is 0 Å². The number of nitrogens with zero attached hydrogens (tertiary/aromatic N) is 4. The summed E-state index contributed by atoms with van der Waals surface area (Å²) >= 11 is 0. The van der Waals surface area contributed by atoms with Crippen LogP contribution in [-0.4, -0.2) is 16.3 Å². The van der Waals surface area contributed by atoms with Crippen molar-refractivity contribution in [3.63, 3.8) is 0 Å². The second kappa shape index (κ2) is 8.88. The third-order valence-corrected chi connectivity index (χ3v) is 4.44. The summed E-state index contributed by atoms with van der Waals surface area (Å²) < 4.78 is 44.8. The molecule has 4 aromatic rings. The summed E-state index contributed by atoms with van der Waals surface area (Å²) in [5.41, 5.74) is 2.06. The number of benzene rings is 2. The van der Waals surface area contributed by atoms with Gasteiger partial charge in [-0.15, -0.1) is 0 Å². The second-order valence-electron chi connectivity index (χ2n) is 6.80. The van der Waals surface area contributed by atoms with Gasteiger partial charge in [-0.1, -0.05) is 36.4 Å². The number of aromatic nitrogens is 3. The lowest BCUT2D eigenvalue weighted by atomic mass is 10.1. The number of anilines is 1. The highest BCUT2D eigenvalue weighted by Crippen LogP contribution is 2.30. The van der Waals surface area contributed by atoms with Gasteiger partial charge in [-0.3, -0.25) is 9.51 Å². The zero-order chi connectivity index (χ0) is 22.6. The van der Waals surface area contributed by atoms with Crippen LogP contribution in [0.1, 0.15) is 11.1 Å². The van der Waals surface area contributed by atoms with Crippen LogP contribution in [0, 0.1) is 0 Å². The van der Waals surface area contributed by atoms with Gasteiger partial charge in [-0.25, -0.2) is 4.99 Å². The van der Waals surface area contributed by atoms with Crippen LogP contribution >= 0.6 is 0 Å². The Balaban J connectivity index is 1.41. The second-order valence-corrected chi connectivity index (χ2v) is 6.80. The molecule has 0 saturated heterocycles. The zero-order valence-corrected chi connectivity index (χ0v) is 16.5. The maximum atomic E-state index is 12.8. The van der Waals surface area contributed by atoms with Gasteiger partial charge in [0.15, 0.2) is 0 Å². The number of alkyl halides is 3. The molecule has 0 fully saturated rings. The molecular formula is C22H16F3N5O2. The third kappa shape index (κ3) is 5.28. The minimum atomic E-state index is -4.51. The van der Waals surface area contributed by atoms with Crippen molar-refractivity contribution in [3.8, 4) is 11.1 Å². The van der Waals surface area contributed by atoms with Gasteiger partial charge in [0.05, 0.1) is 11.6 Å². The van der Waals surface area contributed by atoms with Gasteiger partial charge in [-0.05, 0) is 40.1 Å². The molecule has 0 radical (unpaired) electrons. The minimum Gasteiger partial charge on any atom is -0.846 e. The first-order valence-corrected chi connectivity index (χ1v) is 9.42. The fourth-order valence-electron chi connectivity index (χ4n) is 2.94. The van der Waals surface area contributed by atoms with Crippen molar-refractivity contribution in [2.75, 3.05) is 5.32 Å². The van der Waals surface area contributed by atoms with E-state index in [4.69, 9.17) is 4.52 Å². The van der Waals surface area contributed by atoms with Gasteiger partial charge in [0.2, 0.25) is 11.8 Å². The van der Waals surface area contributed by atoms with Crippen molar-refractivity contribution in [1.82, 2.24) is 10.3 Å². The van der Waals surface area contributed by atoms with E-state index in [2.05, 4.69) is 20.6 Å². The van der Waals surface area contributed by atoms with Gasteiger partial charge < -0.3 is 10.4 Å². The Labute approximate surface area is 180 Å². The van der Waals surface area contributed by atoms with Crippen molar-refractivity contribution in [2.24, 2.45) is 4.99 Å². The summed E-state index contributed by atoms with van der Waals surface area (Å²) in [7, 11) is 0. The van der Waals surface area contributed by atoms with Crippen LogP contribution in [0.25, 0.3) is 11.1 Å². The topological polar surface area (TPSA) is 90.3 Å². The number of hydrogen-bond acceptors (Lipinski definition) is 5. The molecule has 10 heteroatoms. The van der Waals surface area contributed by atoms with E-state index in [0.29, 0.717) is 6.54 Å². The van der Waals surface area contributed by atoms with Crippen LogP contribution in [0.15, 0.2) is 88.8 Å². The Morgan fingerprint density at radius 3 is 2.59 bits per heavy atom. The SMILES string of the molecule is [O-]/C(=N\c1c[n+](Cc2ccc(-c3cccnc3)cc2)no1)Nc1cccc(C(F)(F)F)c1. The predicted octanol–water partition coefficient (Wildman–Crippen LogP) is 3.55. The van der Waals surface area contributed by atoms with E-state index in [1.165, 1.54) is 23.0 Å². The van der Waals surface area contributed by atoms with Crippen LogP contribution in [0.3, 0.4) is 0 Å². The average molecular weight is 439 g/mol. The molecular weight excluding hydrogens is 423 g/mol. The highest BCUT2D eigenvalue weighted by atomic mass is 19.4. The Morgan fingerprint density at radius 1 is 1.06 bits per heavy atom. The van der Waals surface area contributed by atoms with E-state index in [1.54, 1.807) is 12.4 Å². The van der Waals surface area contributed by atoms with Gasteiger partial charge in [0, 0.05) is 23.6 Å². The molecule has 32 heavy (non-hydrogen) atoms. The third-order valence-electron chi connectivity index (χ3n) is 4.44. The summed E-state index contributed by atoms with van der Waals surface area (Å²) in [6, 6.07) is 15.0. The lowest BCUT2D eigenvalue weighted by Gasteiger charge is -2.14. The Kier molecular flexibility index (Phi) is 5.84. The number of nitrogens with one attached hydrogen (secondary N) is 1. The minimum absolute atomic E-state index is 0.0327. The number of hydrogen-bond donors (Lipinski definition) is 1. The number of amidine groups is 1. The Bertz CT molecular complexity index is 1220. The number of pyridine rings is 1. The van der Waals surface area contributed by atoms with Crippen molar-refractivity contribution >= 4 is 17.6 Å². The molecule has 0 aliphatic heterocycles. The standard InChI is InChI=1S/C22H16F3N5O2/c23-22(24,25)18-4-1-5-19(11-18)27-21(31)28-20-14-30(29-32-20)13-15-6-8-16(9-7-15)17-3-2-10-26-12-17/h1-12,14H,13H2,(H-,27,28,29,31). The van der Waals surface area contributed by atoms with Gasteiger partial charge in [-0.2, -0.15) is 13.2 Å². The lowest BCUT2D eigenvalue weighted by molar-refractivity contribution is -0.754. The summed E-state index contributed by atoms with van der Waals surface area (Å²) in [5, 5.41) is 18.1. The summed E-state index contributed by atoms with van der Waals surface area (Å²) in [4.78, 5) is 7.77. The summed E-state index contributed by atoms with van der Waals surface area (Å²) in [6.07, 6.45) is 0.395. The molecule has 1 N–H and O–H groups in total. The fourth-order valence-corrected chi connectivity index (χ4v) is 2.94. The molecule has 7 nitrogen and oxygen atoms in total.